The molecule has 148 valence electrons. The predicted octanol–water partition coefficient (Wildman–Crippen LogP) is 2.80. The molecule has 1 aromatic carbocycles. The lowest BCUT2D eigenvalue weighted by molar-refractivity contribution is 0.102. The van der Waals surface area contributed by atoms with Crippen molar-refractivity contribution < 1.29 is 23.7 Å². The van der Waals surface area contributed by atoms with Crippen LogP contribution in [0.3, 0.4) is 0 Å². The van der Waals surface area contributed by atoms with Crippen molar-refractivity contribution in [1.29, 1.82) is 0 Å². The molecule has 1 amide bonds. The first-order valence-electron chi connectivity index (χ1n) is 8.70. The zero-order chi connectivity index (χ0) is 20.1. The van der Waals surface area contributed by atoms with Crippen LogP contribution in [0, 0.1) is 0 Å². The number of nitrogens with one attached hydrogen (secondary N) is 1. The number of carbonyl (C=O) groups is 1. The fourth-order valence-corrected chi connectivity index (χ4v) is 2.66. The molecule has 0 fully saturated rings. The molecule has 9 heteroatoms. The fourth-order valence-electron chi connectivity index (χ4n) is 2.66. The summed E-state index contributed by atoms with van der Waals surface area (Å²) in [7, 11) is 4.49. The second-order valence-electron chi connectivity index (χ2n) is 5.80. The number of carbonyl (C=O) groups excluding carboxylic acids is 1. The molecule has 9 nitrogen and oxygen atoms in total. The van der Waals surface area contributed by atoms with E-state index in [2.05, 4.69) is 15.4 Å². The lowest BCUT2D eigenvalue weighted by Crippen LogP contribution is -2.16. The summed E-state index contributed by atoms with van der Waals surface area (Å²) in [5, 5.41) is 7.03. The van der Waals surface area contributed by atoms with Crippen molar-refractivity contribution in [3.05, 3.63) is 36.0 Å². The Labute approximate surface area is 162 Å². The largest absolute Gasteiger partial charge is 0.493 e. The molecular formula is C19H22N4O5. The van der Waals surface area contributed by atoms with Crippen molar-refractivity contribution in [2.24, 2.45) is 0 Å². The van der Waals surface area contributed by atoms with Gasteiger partial charge in [-0.25, -0.2) is 0 Å². The molecule has 0 saturated heterocycles. The van der Waals surface area contributed by atoms with E-state index in [4.69, 9.17) is 18.9 Å². The van der Waals surface area contributed by atoms with Gasteiger partial charge in [0.05, 0.1) is 34.1 Å². The standard InChI is InChI=1S/C19H22N4O5/c1-5-8-28-17-11-16(23-15(21-17)6-7-20-23)22-19(24)12-9-13(25-2)18(27-4)14(10-12)26-3/h6-7,9-11H,5,8H2,1-4H3,(H,22,24). The van der Waals surface area contributed by atoms with Gasteiger partial charge in [-0.15, -0.1) is 0 Å². The van der Waals surface area contributed by atoms with Crippen molar-refractivity contribution in [1.82, 2.24) is 14.6 Å². The summed E-state index contributed by atoms with van der Waals surface area (Å²) in [4.78, 5) is 17.2. The number of rotatable bonds is 8. The summed E-state index contributed by atoms with van der Waals surface area (Å²) in [5.74, 6) is 1.66. The van der Waals surface area contributed by atoms with Gasteiger partial charge in [-0.1, -0.05) is 6.92 Å². The molecule has 0 aliphatic carbocycles. The third kappa shape index (κ3) is 3.78. The van der Waals surface area contributed by atoms with Crippen molar-refractivity contribution in [2.75, 3.05) is 33.3 Å². The van der Waals surface area contributed by atoms with Crippen LogP contribution in [-0.4, -0.2) is 48.4 Å². The number of methoxy groups -OCH3 is 3. The Kier molecular flexibility index (Phi) is 5.83. The van der Waals surface area contributed by atoms with Gasteiger partial charge in [-0.3, -0.25) is 4.79 Å². The third-order valence-electron chi connectivity index (χ3n) is 3.96. The molecule has 0 aliphatic heterocycles. The number of aromatic nitrogens is 3. The second kappa shape index (κ2) is 8.47. The topological polar surface area (TPSA) is 96.2 Å². The van der Waals surface area contributed by atoms with Gasteiger partial charge >= 0.3 is 0 Å². The number of amides is 1. The minimum absolute atomic E-state index is 0.336. The minimum atomic E-state index is -0.372. The van der Waals surface area contributed by atoms with Crippen LogP contribution >= 0.6 is 0 Å². The Hall–Kier alpha value is -3.49. The molecule has 0 spiro atoms. The number of hydrogen-bond donors (Lipinski definition) is 1. The maximum Gasteiger partial charge on any atom is 0.257 e. The van der Waals surface area contributed by atoms with Gasteiger partial charge in [0.25, 0.3) is 5.91 Å². The summed E-state index contributed by atoms with van der Waals surface area (Å²) in [6.07, 6.45) is 2.44. The number of fused-ring (bicyclic) bond motifs is 1. The monoisotopic (exact) mass is 386 g/mol. The third-order valence-corrected chi connectivity index (χ3v) is 3.96. The SMILES string of the molecule is CCCOc1cc(NC(=O)c2cc(OC)c(OC)c(OC)c2)n2nccc2n1. The molecule has 2 heterocycles. The van der Waals surface area contributed by atoms with E-state index in [0.717, 1.165) is 6.42 Å². The number of hydrogen-bond acceptors (Lipinski definition) is 7. The number of anilines is 1. The Morgan fingerprint density at radius 2 is 1.82 bits per heavy atom. The molecular weight excluding hydrogens is 364 g/mol. The van der Waals surface area contributed by atoms with E-state index in [1.54, 1.807) is 30.5 Å². The quantitative estimate of drug-likeness (QED) is 0.636. The normalized spacial score (nSPS) is 10.6. The van der Waals surface area contributed by atoms with Gasteiger partial charge in [0, 0.05) is 17.7 Å². The lowest BCUT2D eigenvalue weighted by Gasteiger charge is -2.14. The summed E-state index contributed by atoms with van der Waals surface area (Å²) in [6.45, 7) is 2.53. The van der Waals surface area contributed by atoms with E-state index in [-0.39, 0.29) is 5.91 Å². The minimum Gasteiger partial charge on any atom is -0.493 e. The summed E-state index contributed by atoms with van der Waals surface area (Å²) in [5.41, 5.74) is 0.899. The number of benzene rings is 1. The van der Waals surface area contributed by atoms with Crippen molar-refractivity contribution in [3.8, 4) is 23.1 Å². The average Bonchev–Trinajstić information content (AvgIpc) is 3.19. The molecule has 0 bridgehead atoms. The average molecular weight is 386 g/mol. The van der Waals surface area contributed by atoms with Gasteiger partial charge in [0.1, 0.15) is 5.82 Å². The van der Waals surface area contributed by atoms with Gasteiger partial charge in [0.2, 0.25) is 11.6 Å². The molecule has 3 aromatic rings. The highest BCUT2D eigenvalue weighted by atomic mass is 16.5. The summed E-state index contributed by atoms with van der Waals surface area (Å²) < 4.78 is 23.0. The highest BCUT2D eigenvalue weighted by molar-refractivity contribution is 6.04. The Balaban J connectivity index is 1.96. The first-order chi connectivity index (χ1) is 13.6. The van der Waals surface area contributed by atoms with Crippen molar-refractivity contribution in [3.63, 3.8) is 0 Å². The summed E-state index contributed by atoms with van der Waals surface area (Å²) in [6, 6.07) is 6.51. The van der Waals surface area contributed by atoms with Crippen molar-refractivity contribution in [2.45, 2.75) is 13.3 Å². The highest BCUT2D eigenvalue weighted by Crippen LogP contribution is 2.38. The zero-order valence-electron chi connectivity index (χ0n) is 16.2. The lowest BCUT2D eigenvalue weighted by atomic mass is 10.1. The Bertz CT molecular complexity index is 961. The van der Waals surface area contributed by atoms with E-state index >= 15 is 0 Å². The predicted molar refractivity (Wildman–Crippen MR) is 103 cm³/mol. The van der Waals surface area contributed by atoms with Crippen LogP contribution in [0.4, 0.5) is 5.82 Å². The number of nitrogens with zero attached hydrogens (tertiary/aromatic N) is 3. The molecule has 0 unspecified atom stereocenters. The van der Waals surface area contributed by atoms with Crippen LogP contribution in [0.2, 0.25) is 0 Å². The van der Waals surface area contributed by atoms with Crippen LogP contribution in [0.1, 0.15) is 23.7 Å². The maximum atomic E-state index is 12.9. The van der Waals surface area contributed by atoms with Gasteiger partial charge < -0.3 is 24.3 Å². The fraction of sp³-hybridized carbons (Fsp3) is 0.316. The molecule has 0 aliphatic rings. The van der Waals surface area contributed by atoms with Crippen LogP contribution in [0.25, 0.3) is 5.65 Å². The smallest absolute Gasteiger partial charge is 0.257 e. The van der Waals surface area contributed by atoms with E-state index in [9.17, 15) is 4.79 Å². The van der Waals surface area contributed by atoms with Gasteiger partial charge in [0.15, 0.2) is 17.1 Å². The van der Waals surface area contributed by atoms with Crippen molar-refractivity contribution >= 4 is 17.4 Å². The van der Waals surface area contributed by atoms with Crippen LogP contribution in [0.15, 0.2) is 30.5 Å². The Morgan fingerprint density at radius 1 is 1.11 bits per heavy atom. The van der Waals surface area contributed by atoms with E-state index in [1.165, 1.54) is 25.8 Å². The Morgan fingerprint density at radius 3 is 2.43 bits per heavy atom. The molecule has 2 aromatic heterocycles. The first-order valence-corrected chi connectivity index (χ1v) is 8.70. The molecule has 28 heavy (non-hydrogen) atoms. The molecule has 0 saturated carbocycles. The summed E-state index contributed by atoms with van der Waals surface area (Å²) >= 11 is 0. The van der Waals surface area contributed by atoms with E-state index in [1.807, 2.05) is 6.92 Å². The maximum absolute atomic E-state index is 12.9. The second-order valence-corrected chi connectivity index (χ2v) is 5.80. The van der Waals surface area contributed by atoms with Gasteiger partial charge in [-0.2, -0.15) is 14.6 Å². The molecule has 0 atom stereocenters. The zero-order valence-corrected chi connectivity index (χ0v) is 16.2. The first kappa shape index (κ1) is 19.3. The molecule has 3 rings (SSSR count). The van der Waals surface area contributed by atoms with Crippen LogP contribution in [-0.2, 0) is 0 Å². The molecule has 1 N–H and O–H groups in total. The number of ether oxygens (including phenoxy) is 4. The highest BCUT2D eigenvalue weighted by Gasteiger charge is 2.18. The van der Waals surface area contributed by atoms with Gasteiger partial charge in [-0.05, 0) is 18.6 Å². The van der Waals surface area contributed by atoms with Crippen LogP contribution < -0.4 is 24.3 Å². The molecule has 0 radical (unpaired) electrons. The van der Waals surface area contributed by atoms with Crippen LogP contribution in [0.5, 0.6) is 23.1 Å². The van der Waals surface area contributed by atoms with E-state index in [0.29, 0.717) is 46.8 Å². The van der Waals surface area contributed by atoms with E-state index < -0.39 is 0 Å².